The van der Waals surface area contributed by atoms with Gasteiger partial charge in [0.25, 0.3) is 0 Å². The lowest BCUT2D eigenvalue weighted by Crippen LogP contribution is -1.93. The maximum absolute atomic E-state index is 5.05. The summed E-state index contributed by atoms with van der Waals surface area (Å²) in [6.07, 6.45) is 9.86. The number of rotatable bonds is 3. The molecule has 56 valence electrons. The maximum atomic E-state index is 5.05. The van der Waals surface area contributed by atoms with E-state index in [0.717, 1.165) is 5.56 Å². The van der Waals surface area contributed by atoms with Crippen molar-refractivity contribution < 1.29 is 4.74 Å². The van der Waals surface area contributed by atoms with Gasteiger partial charge in [0.2, 0.25) is 0 Å². The van der Waals surface area contributed by atoms with E-state index in [9.17, 15) is 0 Å². The number of ether oxygens (including phenoxy) is 1. The van der Waals surface area contributed by atoms with Crippen LogP contribution >= 0.6 is 0 Å². The molecule has 11 heavy (non-hydrogen) atoms. The van der Waals surface area contributed by atoms with E-state index in [4.69, 9.17) is 11.2 Å². The van der Waals surface area contributed by atoms with Crippen LogP contribution in [0.5, 0.6) is 0 Å². The Kier molecular flexibility index (Phi) is 3.10. The zero-order valence-electron chi connectivity index (χ0n) is 6.03. The Balaban J connectivity index is 2.35. The summed E-state index contributed by atoms with van der Waals surface area (Å²) in [5.41, 5.74) is 0.933. The molecule has 0 atom stereocenters. The molecule has 0 radical (unpaired) electrons. The SMILES string of the molecule is C#CCOCc1cncnc1. The molecule has 0 spiro atoms. The monoisotopic (exact) mass is 148 g/mol. The largest absolute Gasteiger partial charge is 0.364 e. The topological polar surface area (TPSA) is 35.0 Å². The molecule has 0 fully saturated rings. The van der Waals surface area contributed by atoms with E-state index in [1.807, 2.05) is 0 Å². The van der Waals surface area contributed by atoms with Gasteiger partial charge in [-0.3, -0.25) is 0 Å². The summed E-state index contributed by atoms with van der Waals surface area (Å²) in [4.78, 5) is 7.64. The molecule has 0 saturated carbocycles. The Hall–Kier alpha value is -1.40. The Bertz CT molecular complexity index is 240. The highest BCUT2D eigenvalue weighted by atomic mass is 16.5. The second-order valence-corrected chi connectivity index (χ2v) is 1.94. The van der Waals surface area contributed by atoms with Crippen LogP contribution in [0.3, 0.4) is 0 Å². The minimum absolute atomic E-state index is 0.328. The Morgan fingerprint density at radius 3 is 2.82 bits per heavy atom. The van der Waals surface area contributed by atoms with E-state index in [2.05, 4.69) is 15.9 Å². The van der Waals surface area contributed by atoms with Gasteiger partial charge < -0.3 is 4.74 Å². The highest BCUT2D eigenvalue weighted by Gasteiger charge is 1.89. The van der Waals surface area contributed by atoms with Gasteiger partial charge in [0, 0.05) is 18.0 Å². The molecule has 3 nitrogen and oxygen atoms in total. The van der Waals surface area contributed by atoms with Crippen molar-refractivity contribution in [3.05, 3.63) is 24.3 Å². The van der Waals surface area contributed by atoms with Crippen LogP contribution in [0, 0.1) is 12.3 Å². The fraction of sp³-hybridized carbons (Fsp3) is 0.250. The van der Waals surface area contributed by atoms with Crippen molar-refractivity contribution in [3.63, 3.8) is 0 Å². The molecular formula is C8H8N2O. The number of terminal acetylenes is 1. The van der Waals surface area contributed by atoms with Crippen LogP contribution in [0.15, 0.2) is 18.7 Å². The Morgan fingerprint density at radius 2 is 2.18 bits per heavy atom. The van der Waals surface area contributed by atoms with E-state index in [0.29, 0.717) is 13.2 Å². The van der Waals surface area contributed by atoms with E-state index >= 15 is 0 Å². The van der Waals surface area contributed by atoms with Crippen LogP contribution in [-0.4, -0.2) is 16.6 Å². The fourth-order valence-corrected chi connectivity index (χ4v) is 0.632. The molecule has 0 bridgehead atoms. The van der Waals surface area contributed by atoms with Crippen LogP contribution in [-0.2, 0) is 11.3 Å². The predicted octanol–water partition coefficient (Wildman–Crippen LogP) is 0.626. The third-order valence-electron chi connectivity index (χ3n) is 1.07. The van der Waals surface area contributed by atoms with E-state index in [-0.39, 0.29) is 0 Å². The third kappa shape index (κ3) is 2.78. The lowest BCUT2D eigenvalue weighted by Gasteiger charge is -1.97. The molecule has 0 aliphatic carbocycles. The molecule has 0 saturated heterocycles. The highest BCUT2D eigenvalue weighted by molar-refractivity contribution is 5.00. The Labute approximate surface area is 65.4 Å². The molecule has 1 aromatic heterocycles. The second-order valence-electron chi connectivity index (χ2n) is 1.94. The molecule has 0 aliphatic heterocycles. The summed E-state index contributed by atoms with van der Waals surface area (Å²) in [6.45, 7) is 0.805. The fourth-order valence-electron chi connectivity index (χ4n) is 0.632. The van der Waals surface area contributed by atoms with Crippen LogP contribution in [0.1, 0.15) is 5.56 Å². The number of hydrogen-bond donors (Lipinski definition) is 0. The lowest BCUT2D eigenvalue weighted by molar-refractivity contribution is 0.153. The van der Waals surface area contributed by atoms with Crippen LogP contribution < -0.4 is 0 Å². The standard InChI is InChI=1S/C8H8N2O/c1-2-3-11-6-8-4-9-7-10-5-8/h1,4-5,7H,3,6H2. The summed E-state index contributed by atoms with van der Waals surface area (Å²) in [6, 6.07) is 0. The van der Waals surface area contributed by atoms with Crippen molar-refractivity contribution in [2.45, 2.75) is 6.61 Å². The molecular weight excluding hydrogens is 140 g/mol. The highest BCUT2D eigenvalue weighted by Crippen LogP contribution is 1.94. The van der Waals surface area contributed by atoms with Crippen molar-refractivity contribution in [2.75, 3.05) is 6.61 Å². The number of aromatic nitrogens is 2. The van der Waals surface area contributed by atoms with Crippen molar-refractivity contribution in [3.8, 4) is 12.3 Å². The average Bonchev–Trinajstić information content (AvgIpc) is 2.07. The van der Waals surface area contributed by atoms with Gasteiger partial charge in [-0.05, 0) is 0 Å². The molecule has 0 N–H and O–H groups in total. The third-order valence-corrected chi connectivity index (χ3v) is 1.07. The van der Waals surface area contributed by atoms with Gasteiger partial charge >= 0.3 is 0 Å². The lowest BCUT2D eigenvalue weighted by atomic mass is 10.4. The van der Waals surface area contributed by atoms with Gasteiger partial charge in [-0.2, -0.15) is 0 Å². The molecule has 1 heterocycles. The zero-order valence-corrected chi connectivity index (χ0v) is 6.03. The van der Waals surface area contributed by atoms with Crippen LogP contribution in [0.2, 0.25) is 0 Å². The van der Waals surface area contributed by atoms with E-state index in [1.165, 1.54) is 6.33 Å². The smallest absolute Gasteiger partial charge is 0.115 e. The molecule has 0 aromatic carbocycles. The van der Waals surface area contributed by atoms with Gasteiger partial charge in [0.1, 0.15) is 12.9 Å². The first-order valence-electron chi connectivity index (χ1n) is 3.18. The van der Waals surface area contributed by atoms with Crippen molar-refractivity contribution in [1.29, 1.82) is 0 Å². The zero-order chi connectivity index (χ0) is 7.94. The first-order chi connectivity index (χ1) is 5.43. The quantitative estimate of drug-likeness (QED) is 0.465. The minimum atomic E-state index is 0.328. The molecule has 1 rings (SSSR count). The van der Waals surface area contributed by atoms with E-state index < -0.39 is 0 Å². The summed E-state index contributed by atoms with van der Waals surface area (Å²) < 4.78 is 5.05. The average molecular weight is 148 g/mol. The minimum Gasteiger partial charge on any atom is -0.364 e. The second kappa shape index (κ2) is 4.42. The van der Waals surface area contributed by atoms with Gasteiger partial charge in [-0.15, -0.1) is 6.42 Å². The van der Waals surface area contributed by atoms with Gasteiger partial charge in [-0.1, -0.05) is 5.92 Å². The van der Waals surface area contributed by atoms with Crippen LogP contribution in [0.4, 0.5) is 0 Å². The van der Waals surface area contributed by atoms with Crippen LogP contribution in [0.25, 0.3) is 0 Å². The molecule has 0 unspecified atom stereocenters. The first-order valence-corrected chi connectivity index (χ1v) is 3.18. The normalized spacial score (nSPS) is 9.00. The summed E-state index contributed by atoms with van der Waals surface area (Å²) in [5, 5.41) is 0. The van der Waals surface area contributed by atoms with Gasteiger partial charge in [0.05, 0.1) is 6.61 Å². The van der Waals surface area contributed by atoms with Gasteiger partial charge in [0.15, 0.2) is 0 Å². The van der Waals surface area contributed by atoms with Gasteiger partial charge in [-0.25, -0.2) is 9.97 Å². The predicted molar refractivity (Wildman–Crippen MR) is 40.5 cm³/mol. The maximum Gasteiger partial charge on any atom is 0.115 e. The molecule has 1 aromatic rings. The van der Waals surface area contributed by atoms with Crippen molar-refractivity contribution in [2.24, 2.45) is 0 Å². The number of nitrogens with zero attached hydrogens (tertiary/aromatic N) is 2. The first kappa shape index (κ1) is 7.70. The molecule has 0 aliphatic rings. The van der Waals surface area contributed by atoms with E-state index in [1.54, 1.807) is 12.4 Å². The molecule has 3 heteroatoms. The molecule has 0 amide bonds. The van der Waals surface area contributed by atoms with Crippen molar-refractivity contribution in [1.82, 2.24) is 9.97 Å². The Morgan fingerprint density at radius 1 is 1.45 bits per heavy atom. The van der Waals surface area contributed by atoms with Crippen molar-refractivity contribution >= 4 is 0 Å². The summed E-state index contributed by atoms with van der Waals surface area (Å²) in [7, 11) is 0. The number of hydrogen-bond acceptors (Lipinski definition) is 3. The summed E-state index contributed by atoms with van der Waals surface area (Å²) >= 11 is 0. The summed E-state index contributed by atoms with van der Waals surface area (Å²) in [5.74, 6) is 2.37.